The maximum Gasteiger partial charge on any atom is 0.0938 e. The Labute approximate surface area is 185 Å². The zero-order valence-electron chi connectivity index (χ0n) is 16.3. The lowest BCUT2D eigenvalue weighted by Gasteiger charge is -2.26. The smallest absolute Gasteiger partial charge is 0.0938 e. The van der Waals surface area contributed by atoms with Crippen LogP contribution in [-0.2, 0) is 15.6 Å². The van der Waals surface area contributed by atoms with Crippen LogP contribution in [0.25, 0.3) is 0 Å². The van der Waals surface area contributed by atoms with Crippen LogP contribution in [0, 0.1) is 5.92 Å². The number of rotatable bonds is 9. The van der Waals surface area contributed by atoms with Crippen LogP contribution in [0.4, 0.5) is 0 Å². The van der Waals surface area contributed by atoms with Gasteiger partial charge in [0, 0.05) is 31.4 Å². The van der Waals surface area contributed by atoms with Gasteiger partial charge in [0.2, 0.25) is 0 Å². The molecule has 0 saturated heterocycles. The molecule has 0 aromatic heterocycles. The molecule has 1 saturated carbocycles. The van der Waals surface area contributed by atoms with Gasteiger partial charge in [0.25, 0.3) is 0 Å². The van der Waals surface area contributed by atoms with Gasteiger partial charge in [-0.1, -0.05) is 41.7 Å². The monoisotopic (exact) mass is 463 g/mol. The summed E-state index contributed by atoms with van der Waals surface area (Å²) >= 11 is 17.5. The minimum atomic E-state index is -1.09. The molecule has 1 aliphatic carbocycles. The highest BCUT2D eigenvalue weighted by Crippen LogP contribution is 2.33. The van der Waals surface area contributed by atoms with Crippen molar-refractivity contribution in [1.82, 2.24) is 5.48 Å². The molecule has 2 atom stereocenters. The molecule has 3 nitrogen and oxygen atoms in total. The van der Waals surface area contributed by atoms with Gasteiger partial charge in [-0.05, 0) is 81.2 Å². The molecule has 1 N–H and O–H groups in total. The van der Waals surface area contributed by atoms with E-state index in [0.717, 1.165) is 44.2 Å². The van der Waals surface area contributed by atoms with Crippen molar-refractivity contribution in [3.63, 3.8) is 0 Å². The Hall–Kier alpha value is -0.520. The van der Waals surface area contributed by atoms with Gasteiger partial charge in [-0.3, -0.25) is 14.5 Å². The van der Waals surface area contributed by atoms with Crippen molar-refractivity contribution in [3.05, 3.63) is 51.1 Å². The average molecular weight is 465 g/mol. The predicted molar refractivity (Wildman–Crippen MR) is 120 cm³/mol. The van der Waals surface area contributed by atoms with Crippen molar-refractivity contribution < 1.29 is 9.05 Å². The maximum absolute atomic E-state index is 12.8. The molecule has 0 amide bonds. The minimum absolute atomic E-state index is 0.0817. The second-order valence-corrected chi connectivity index (χ2v) is 10.2. The lowest BCUT2D eigenvalue weighted by atomic mass is 9.82. The second-order valence-electron chi connectivity index (χ2n) is 7.24. The molecule has 28 heavy (non-hydrogen) atoms. The molecule has 1 aliphatic rings. The zero-order chi connectivity index (χ0) is 20.5. The Morgan fingerprint density at radius 2 is 1.93 bits per heavy atom. The van der Waals surface area contributed by atoms with Crippen LogP contribution in [0.2, 0.25) is 10.0 Å². The third kappa shape index (κ3) is 7.72. The predicted octanol–water partition coefficient (Wildman–Crippen LogP) is 7.01. The fraction of sp³-hybridized carbons (Fsp3) is 0.524. The lowest BCUT2D eigenvalue weighted by Crippen LogP contribution is -2.18. The van der Waals surface area contributed by atoms with Crippen LogP contribution in [0.1, 0.15) is 52.4 Å². The average Bonchev–Trinajstić information content (AvgIpc) is 2.68. The Morgan fingerprint density at radius 1 is 1.29 bits per heavy atom. The minimum Gasteiger partial charge on any atom is -0.272 e. The Balaban J connectivity index is 1.77. The third-order valence-corrected chi connectivity index (χ3v) is 7.43. The molecular formula is C21H28Cl3NO2S. The van der Waals surface area contributed by atoms with Gasteiger partial charge in [0.05, 0.1) is 17.4 Å². The molecular weight excluding hydrogens is 437 g/mol. The van der Waals surface area contributed by atoms with Crippen molar-refractivity contribution in [1.29, 1.82) is 0 Å². The third-order valence-electron chi connectivity index (χ3n) is 5.15. The Bertz CT molecular complexity index is 706. The van der Waals surface area contributed by atoms with Crippen molar-refractivity contribution in [2.24, 2.45) is 5.92 Å². The van der Waals surface area contributed by atoms with Crippen molar-refractivity contribution in [3.8, 4) is 0 Å². The van der Waals surface area contributed by atoms with Crippen LogP contribution in [0.5, 0.6) is 0 Å². The number of halogens is 3. The van der Waals surface area contributed by atoms with Crippen molar-refractivity contribution >= 4 is 45.6 Å². The summed E-state index contributed by atoms with van der Waals surface area (Å²) in [5.41, 5.74) is 6.98. The van der Waals surface area contributed by atoms with E-state index in [0.29, 0.717) is 27.5 Å². The number of hydrogen-bond acceptors (Lipinski definition) is 3. The van der Waals surface area contributed by atoms with Crippen LogP contribution in [0.3, 0.4) is 0 Å². The fourth-order valence-corrected chi connectivity index (χ4v) is 5.48. The van der Waals surface area contributed by atoms with Crippen LogP contribution >= 0.6 is 34.8 Å². The topological polar surface area (TPSA) is 38.3 Å². The molecule has 0 spiro atoms. The molecule has 1 fully saturated rings. The summed E-state index contributed by atoms with van der Waals surface area (Å²) in [6.07, 6.45) is 8.27. The van der Waals surface area contributed by atoms with Crippen molar-refractivity contribution in [2.75, 3.05) is 6.61 Å². The molecule has 1 aromatic carbocycles. The van der Waals surface area contributed by atoms with Gasteiger partial charge < -0.3 is 0 Å². The number of benzene rings is 1. The molecule has 2 unspecified atom stereocenters. The lowest BCUT2D eigenvalue weighted by molar-refractivity contribution is 0.0846. The van der Waals surface area contributed by atoms with Gasteiger partial charge in [-0.15, -0.1) is 0 Å². The van der Waals surface area contributed by atoms with E-state index in [2.05, 4.69) is 12.4 Å². The zero-order valence-corrected chi connectivity index (χ0v) is 19.4. The van der Waals surface area contributed by atoms with Gasteiger partial charge >= 0.3 is 0 Å². The summed E-state index contributed by atoms with van der Waals surface area (Å²) in [6, 6.07) is 5.16. The highest BCUT2D eigenvalue weighted by molar-refractivity contribution is 7.85. The maximum atomic E-state index is 12.8. The first-order valence-electron chi connectivity index (χ1n) is 9.59. The number of nitrogens with one attached hydrogen (secondary N) is 1. The first kappa shape index (κ1) is 23.8. The summed E-state index contributed by atoms with van der Waals surface area (Å²) in [4.78, 5) is 6.06. The van der Waals surface area contributed by atoms with Gasteiger partial charge in [0.1, 0.15) is 0 Å². The van der Waals surface area contributed by atoms with Crippen LogP contribution in [-0.4, -0.2) is 16.1 Å². The largest absolute Gasteiger partial charge is 0.272 e. The molecule has 156 valence electrons. The van der Waals surface area contributed by atoms with Gasteiger partial charge in [-0.2, -0.15) is 0 Å². The van der Waals surface area contributed by atoms with Crippen molar-refractivity contribution in [2.45, 2.75) is 62.5 Å². The van der Waals surface area contributed by atoms with E-state index in [4.69, 9.17) is 39.6 Å². The summed E-state index contributed by atoms with van der Waals surface area (Å²) in [5, 5.41) is 1.14. The summed E-state index contributed by atoms with van der Waals surface area (Å²) < 4.78 is 12.8. The highest BCUT2D eigenvalue weighted by Gasteiger charge is 2.21. The van der Waals surface area contributed by atoms with Crippen LogP contribution in [0.15, 0.2) is 46.0 Å². The normalized spacial score (nSPS) is 19.6. The van der Waals surface area contributed by atoms with Gasteiger partial charge in [-0.25, -0.2) is 0 Å². The SMILES string of the molecule is CC(NOCC=CCl)=C1CCC(CCC(C)S(=O)c2cc(Cl)cc(Cl)c2)CC1. The van der Waals surface area contributed by atoms with E-state index in [1.807, 2.05) is 6.92 Å². The summed E-state index contributed by atoms with van der Waals surface area (Å²) in [6.45, 7) is 4.55. The molecule has 0 aliphatic heterocycles. The Morgan fingerprint density at radius 3 is 2.54 bits per heavy atom. The molecule has 0 radical (unpaired) electrons. The van der Waals surface area contributed by atoms with E-state index in [-0.39, 0.29) is 5.25 Å². The van der Waals surface area contributed by atoms with E-state index in [1.165, 1.54) is 11.1 Å². The number of hydroxylamine groups is 1. The first-order chi connectivity index (χ1) is 13.4. The quantitative estimate of drug-likeness (QED) is 0.315. The first-order valence-corrected chi connectivity index (χ1v) is 12.0. The van der Waals surface area contributed by atoms with E-state index in [9.17, 15) is 4.21 Å². The van der Waals surface area contributed by atoms with Crippen LogP contribution < -0.4 is 5.48 Å². The molecule has 0 heterocycles. The summed E-state index contributed by atoms with van der Waals surface area (Å²) in [5.74, 6) is 0.680. The van der Waals surface area contributed by atoms with E-state index >= 15 is 0 Å². The fourth-order valence-electron chi connectivity index (χ4n) is 3.45. The number of allylic oxidation sites excluding steroid dienone is 2. The van der Waals surface area contributed by atoms with Gasteiger partial charge in [0.15, 0.2) is 0 Å². The summed E-state index contributed by atoms with van der Waals surface area (Å²) in [7, 11) is -1.09. The molecule has 0 bridgehead atoms. The van der Waals surface area contributed by atoms with E-state index in [1.54, 1.807) is 24.3 Å². The molecule has 2 rings (SSSR count). The number of hydrogen-bond donors (Lipinski definition) is 1. The Kier molecular flexibility index (Phi) is 10.4. The standard InChI is InChI=1S/C21H28Cl3NO2S/c1-15(28(26)21-13-19(23)12-20(24)14-21)4-5-17-6-8-18(9-7-17)16(2)25-27-11-3-10-22/h3,10,12-15,17,25H,4-9,11H2,1-2H3. The second kappa shape index (κ2) is 12.2. The molecule has 1 aromatic rings. The molecule has 7 heteroatoms. The highest BCUT2D eigenvalue weighted by atomic mass is 35.5. The van der Waals surface area contributed by atoms with E-state index < -0.39 is 10.8 Å².